The molecule has 2 bridgehead atoms. The van der Waals surface area contributed by atoms with Crippen molar-refractivity contribution >= 4 is 17.7 Å². The summed E-state index contributed by atoms with van der Waals surface area (Å²) in [5, 5.41) is 9.21. The minimum Gasteiger partial charge on any atom is -0.396 e. The number of unbranched alkanes of at least 4 members (excludes halogenated alkanes) is 3. The molecule has 0 radical (unpaired) electrons. The van der Waals surface area contributed by atoms with Gasteiger partial charge >= 0.3 is 0 Å². The zero-order valence-electron chi connectivity index (χ0n) is 22.4. The zero-order chi connectivity index (χ0) is 26.5. The van der Waals surface area contributed by atoms with Crippen LogP contribution in [-0.4, -0.2) is 94.6 Å². The van der Waals surface area contributed by atoms with Gasteiger partial charge in [0, 0.05) is 39.8 Å². The van der Waals surface area contributed by atoms with Gasteiger partial charge in [0.05, 0.1) is 17.4 Å². The third-order valence-electron chi connectivity index (χ3n) is 8.46. The summed E-state index contributed by atoms with van der Waals surface area (Å²) >= 11 is 0. The lowest BCUT2D eigenvalue weighted by Gasteiger charge is -2.37. The van der Waals surface area contributed by atoms with Crippen molar-refractivity contribution in [2.75, 3.05) is 39.8 Å². The molecule has 2 unspecified atom stereocenters. The Morgan fingerprint density at radius 3 is 2.44 bits per heavy atom. The van der Waals surface area contributed by atoms with Crippen molar-refractivity contribution in [1.29, 1.82) is 0 Å². The summed E-state index contributed by atoms with van der Waals surface area (Å²) in [5.41, 5.74) is -1.73. The van der Waals surface area contributed by atoms with E-state index >= 15 is 0 Å². The number of likely N-dealkylation sites (N-methyl/N-ethyl adjacent to an activating group) is 1. The van der Waals surface area contributed by atoms with Crippen LogP contribution in [0.3, 0.4) is 0 Å². The van der Waals surface area contributed by atoms with E-state index in [1.54, 1.807) is 33.9 Å². The molecule has 3 heterocycles. The highest BCUT2D eigenvalue weighted by atomic mass is 16.5. The number of rotatable bonds is 15. The van der Waals surface area contributed by atoms with Crippen LogP contribution < -0.4 is 0 Å². The second kappa shape index (κ2) is 11.9. The Balaban J connectivity index is 2.04. The van der Waals surface area contributed by atoms with Gasteiger partial charge in [0.15, 0.2) is 0 Å². The minimum absolute atomic E-state index is 0.0986. The summed E-state index contributed by atoms with van der Waals surface area (Å²) in [6.45, 7) is 13.6. The molecule has 0 aliphatic carbocycles. The molecule has 0 aromatic carbocycles. The summed E-state index contributed by atoms with van der Waals surface area (Å²) in [4.78, 5) is 47.1. The normalized spacial score (nSPS) is 30.4. The van der Waals surface area contributed by atoms with Gasteiger partial charge in [-0.25, -0.2) is 0 Å². The van der Waals surface area contributed by atoms with Crippen molar-refractivity contribution in [2.24, 2.45) is 11.8 Å². The van der Waals surface area contributed by atoms with Crippen LogP contribution >= 0.6 is 0 Å². The van der Waals surface area contributed by atoms with E-state index in [2.05, 4.69) is 20.1 Å². The first-order chi connectivity index (χ1) is 17.3. The van der Waals surface area contributed by atoms with E-state index in [1.807, 2.05) is 6.92 Å². The summed E-state index contributed by atoms with van der Waals surface area (Å²) in [6, 6.07) is -0.753. The molecule has 5 atom stereocenters. The van der Waals surface area contributed by atoms with Gasteiger partial charge in [0.1, 0.15) is 11.6 Å². The van der Waals surface area contributed by atoms with Crippen molar-refractivity contribution in [2.45, 2.75) is 82.5 Å². The average molecular weight is 504 g/mol. The summed E-state index contributed by atoms with van der Waals surface area (Å²) < 4.78 is 6.83. The summed E-state index contributed by atoms with van der Waals surface area (Å²) in [5.74, 6) is -1.66. The number of fused-ring (bicyclic) bond motifs is 1. The Kier molecular flexibility index (Phi) is 9.39. The number of carbonyl (C=O) groups is 3. The molecule has 3 aliphatic rings. The molecule has 3 amide bonds. The maximum absolute atomic E-state index is 14.2. The molecule has 3 rings (SSSR count). The number of likely N-dealkylation sites (tertiary alicyclic amines) is 1. The largest absolute Gasteiger partial charge is 0.396 e. The first-order valence-corrected chi connectivity index (χ1v) is 13.7. The Bertz CT molecular complexity index is 847. The molecule has 36 heavy (non-hydrogen) atoms. The van der Waals surface area contributed by atoms with Gasteiger partial charge in [0.25, 0.3) is 0 Å². The first kappa shape index (κ1) is 28.4. The number of amides is 3. The first-order valence-electron chi connectivity index (χ1n) is 13.7. The highest BCUT2D eigenvalue weighted by Gasteiger charge is 2.78. The Hall–Kier alpha value is -2.19. The van der Waals surface area contributed by atoms with Crippen LogP contribution in [0, 0.1) is 11.8 Å². The van der Waals surface area contributed by atoms with Gasteiger partial charge in [0.2, 0.25) is 17.7 Å². The number of aliphatic hydroxyl groups excluding tert-OH is 1. The Morgan fingerprint density at radius 1 is 1.11 bits per heavy atom. The number of hydrogen-bond donors (Lipinski definition) is 1. The zero-order valence-corrected chi connectivity index (χ0v) is 22.4. The van der Waals surface area contributed by atoms with Gasteiger partial charge in [-0.15, -0.1) is 13.2 Å². The fourth-order valence-corrected chi connectivity index (χ4v) is 6.67. The molecular formula is C28H45N3O5. The van der Waals surface area contributed by atoms with Gasteiger partial charge in [-0.2, -0.15) is 0 Å². The van der Waals surface area contributed by atoms with Crippen LogP contribution in [0.2, 0.25) is 0 Å². The maximum atomic E-state index is 14.2. The molecule has 0 aromatic heterocycles. The third kappa shape index (κ3) is 4.74. The number of ether oxygens (including phenoxy) is 1. The summed E-state index contributed by atoms with van der Waals surface area (Å²) in [6.07, 6.45) is 9.16. The summed E-state index contributed by atoms with van der Waals surface area (Å²) in [7, 11) is 1.73. The average Bonchev–Trinajstić information content (AvgIpc) is 3.47. The van der Waals surface area contributed by atoms with E-state index < -0.39 is 29.1 Å². The highest BCUT2D eigenvalue weighted by Crippen LogP contribution is 2.64. The topological polar surface area (TPSA) is 90.4 Å². The van der Waals surface area contributed by atoms with Crippen molar-refractivity contribution in [1.82, 2.24) is 14.7 Å². The van der Waals surface area contributed by atoms with E-state index in [-0.39, 0.29) is 24.3 Å². The van der Waals surface area contributed by atoms with Crippen molar-refractivity contribution in [3.05, 3.63) is 25.3 Å². The molecule has 3 aliphatic heterocycles. The number of aliphatic hydroxyl groups is 1. The lowest BCUT2D eigenvalue weighted by molar-refractivity contribution is -0.154. The molecular weight excluding hydrogens is 458 g/mol. The van der Waals surface area contributed by atoms with Crippen LogP contribution in [0.15, 0.2) is 25.3 Å². The Labute approximate surface area is 216 Å². The third-order valence-corrected chi connectivity index (χ3v) is 8.46. The van der Waals surface area contributed by atoms with Crippen molar-refractivity contribution < 1.29 is 24.2 Å². The van der Waals surface area contributed by atoms with E-state index in [4.69, 9.17) is 4.74 Å². The molecule has 8 heteroatoms. The fraction of sp³-hybridized carbons (Fsp3) is 0.750. The molecule has 1 spiro atoms. The van der Waals surface area contributed by atoms with E-state index in [0.717, 1.165) is 19.3 Å². The van der Waals surface area contributed by atoms with Crippen LogP contribution in [0.25, 0.3) is 0 Å². The SMILES string of the molecule is C=CCN(C)C(=O)[C@@H]1[C@H]2C(=O)N(CCCCCO)C(C(=O)N(CC=C)CCCC)C23CC[C@@]1(CC)O3. The predicted octanol–water partition coefficient (Wildman–Crippen LogP) is 2.76. The Morgan fingerprint density at radius 2 is 1.83 bits per heavy atom. The van der Waals surface area contributed by atoms with Crippen molar-refractivity contribution in [3.63, 3.8) is 0 Å². The lowest BCUT2D eigenvalue weighted by Crippen LogP contribution is -2.56. The fourth-order valence-electron chi connectivity index (χ4n) is 6.67. The molecule has 1 N–H and O–H groups in total. The second-order valence-corrected chi connectivity index (χ2v) is 10.6. The van der Waals surface area contributed by atoms with E-state index in [0.29, 0.717) is 58.3 Å². The second-order valence-electron chi connectivity index (χ2n) is 10.6. The van der Waals surface area contributed by atoms with Crippen LogP contribution in [-0.2, 0) is 19.1 Å². The molecule has 8 nitrogen and oxygen atoms in total. The van der Waals surface area contributed by atoms with Crippen LogP contribution in [0.5, 0.6) is 0 Å². The van der Waals surface area contributed by atoms with Crippen LogP contribution in [0.4, 0.5) is 0 Å². The van der Waals surface area contributed by atoms with E-state index in [9.17, 15) is 19.5 Å². The molecule has 0 saturated carbocycles. The molecule has 3 saturated heterocycles. The van der Waals surface area contributed by atoms with Gasteiger partial charge < -0.3 is 24.5 Å². The predicted molar refractivity (Wildman–Crippen MR) is 139 cm³/mol. The van der Waals surface area contributed by atoms with Gasteiger partial charge in [-0.3, -0.25) is 14.4 Å². The highest BCUT2D eigenvalue weighted by molar-refractivity contribution is 5.99. The monoisotopic (exact) mass is 503 g/mol. The van der Waals surface area contributed by atoms with E-state index in [1.165, 1.54) is 0 Å². The molecule has 0 aromatic rings. The minimum atomic E-state index is -0.998. The quantitative estimate of drug-likeness (QED) is 0.274. The van der Waals surface area contributed by atoms with Crippen LogP contribution in [0.1, 0.15) is 65.2 Å². The smallest absolute Gasteiger partial charge is 0.248 e. The standard InChI is InChI=1S/C28H45N3O5/c1-6-10-18-30(17-8-3)26(35)23-28-15-14-27(9-4,36-28)21(24(33)29(5)16-7-2)22(28)25(34)31(23)19-12-11-13-20-32/h7-8,21-23,32H,2-3,6,9-20H2,1,4-5H3/t21-,22-,23?,27+,28?/m0/s1. The number of carbonyl (C=O) groups excluding carboxylic acids is 3. The van der Waals surface area contributed by atoms with Gasteiger partial charge in [-0.05, 0) is 44.9 Å². The van der Waals surface area contributed by atoms with Crippen molar-refractivity contribution in [3.8, 4) is 0 Å². The number of nitrogens with zero attached hydrogens (tertiary/aromatic N) is 3. The molecule has 202 valence electrons. The van der Waals surface area contributed by atoms with Gasteiger partial charge in [-0.1, -0.05) is 32.4 Å². The molecule has 3 fully saturated rings. The number of hydrogen-bond acceptors (Lipinski definition) is 5. The lowest BCUT2D eigenvalue weighted by atomic mass is 9.64. The maximum Gasteiger partial charge on any atom is 0.248 e.